The first-order chi connectivity index (χ1) is 26.1. The number of benzene rings is 3. The zero-order chi connectivity index (χ0) is 41.6. The van der Waals surface area contributed by atoms with Gasteiger partial charge in [-0.2, -0.15) is 0 Å². The van der Waals surface area contributed by atoms with Crippen LogP contribution in [-0.4, -0.2) is 83.2 Å². The molecule has 1 atom stereocenters. The molecule has 0 radical (unpaired) electrons. The number of rotatable bonds is 12. The first kappa shape index (κ1) is 43.0. The highest BCUT2D eigenvalue weighted by molar-refractivity contribution is 7.91. The van der Waals surface area contributed by atoms with E-state index < -0.39 is 51.3 Å². The molecule has 4 amide bonds. The zero-order valence-electron chi connectivity index (χ0n) is 32.9. The fourth-order valence-corrected chi connectivity index (χ4v) is 6.73. The molecule has 0 spiro atoms. The van der Waals surface area contributed by atoms with Gasteiger partial charge in [0.1, 0.15) is 11.2 Å². The number of likely N-dealkylation sites (N-methyl/N-ethyl adjacent to an activating group) is 1. The Morgan fingerprint density at radius 2 is 1.50 bits per heavy atom. The van der Waals surface area contributed by atoms with E-state index in [1.165, 1.54) is 23.1 Å². The summed E-state index contributed by atoms with van der Waals surface area (Å²) in [6.07, 6.45) is 1.29. The van der Waals surface area contributed by atoms with Crippen molar-refractivity contribution in [1.29, 1.82) is 0 Å². The van der Waals surface area contributed by atoms with Gasteiger partial charge in [-0.1, -0.05) is 37.3 Å². The van der Waals surface area contributed by atoms with Crippen LogP contribution in [-0.2, 0) is 37.1 Å². The summed E-state index contributed by atoms with van der Waals surface area (Å²) in [4.78, 5) is 59.8. The molecule has 300 valence electrons. The van der Waals surface area contributed by atoms with Gasteiger partial charge in [0.05, 0.1) is 16.3 Å². The van der Waals surface area contributed by atoms with Crippen molar-refractivity contribution in [3.8, 4) is 0 Å². The Balaban J connectivity index is 1.64. The minimum atomic E-state index is -3.49. The van der Waals surface area contributed by atoms with Gasteiger partial charge in [0, 0.05) is 43.6 Å². The molecular formula is C40H50N6O9S. The molecule has 56 heavy (non-hydrogen) atoms. The zero-order valence-corrected chi connectivity index (χ0v) is 33.7. The highest BCUT2D eigenvalue weighted by Gasteiger charge is 2.42. The number of hydrogen-bond acceptors (Lipinski definition) is 11. The molecule has 1 aromatic heterocycles. The minimum absolute atomic E-state index is 0.0232. The van der Waals surface area contributed by atoms with Gasteiger partial charge in [0.15, 0.2) is 15.9 Å². The monoisotopic (exact) mass is 790 g/mol. The molecule has 0 fully saturated rings. The number of aliphatic carboxylic acids is 1. The second-order valence-corrected chi connectivity index (χ2v) is 17.3. The summed E-state index contributed by atoms with van der Waals surface area (Å²) in [6, 6.07) is 15.6. The molecule has 0 bridgehead atoms. The van der Waals surface area contributed by atoms with Gasteiger partial charge in [-0.25, -0.2) is 27.6 Å². The van der Waals surface area contributed by atoms with E-state index >= 15 is 0 Å². The average Bonchev–Trinajstić information content (AvgIpc) is 3.12. The summed E-state index contributed by atoms with van der Waals surface area (Å²) >= 11 is 0. The van der Waals surface area contributed by atoms with Crippen LogP contribution in [0, 0.1) is 0 Å². The molecule has 0 saturated heterocycles. The van der Waals surface area contributed by atoms with Crippen LogP contribution in [0.2, 0.25) is 0 Å². The van der Waals surface area contributed by atoms with Crippen LogP contribution in [0.5, 0.6) is 0 Å². The van der Waals surface area contributed by atoms with Crippen LogP contribution < -0.4 is 16.1 Å². The Morgan fingerprint density at radius 3 is 2.05 bits per heavy atom. The van der Waals surface area contributed by atoms with Crippen molar-refractivity contribution >= 4 is 56.2 Å². The van der Waals surface area contributed by atoms with Gasteiger partial charge in [0.2, 0.25) is 0 Å². The molecule has 1 unspecified atom stereocenters. The summed E-state index contributed by atoms with van der Waals surface area (Å²) in [5, 5.41) is 16.6. The van der Waals surface area contributed by atoms with Gasteiger partial charge in [-0.05, 0) is 106 Å². The number of carbonyl (C=O) groups is 4. The van der Waals surface area contributed by atoms with Crippen molar-refractivity contribution in [2.75, 3.05) is 29.7 Å². The number of carboxylic acids is 1. The van der Waals surface area contributed by atoms with Gasteiger partial charge in [-0.3, -0.25) is 9.99 Å². The van der Waals surface area contributed by atoms with Crippen molar-refractivity contribution in [3.63, 3.8) is 0 Å². The lowest BCUT2D eigenvalue weighted by atomic mass is 10.0. The van der Waals surface area contributed by atoms with E-state index in [2.05, 4.69) is 10.3 Å². The van der Waals surface area contributed by atoms with Crippen molar-refractivity contribution < 1.29 is 42.2 Å². The summed E-state index contributed by atoms with van der Waals surface area (Å²) in [5.74, 6) is -1.46. The second-order valence-electron chi connectivity index (χ2n) is 15.0. The summed E-state index contributed by atoms with van der Waals surface area (Å²) in [6.45, 7) is 11.5. The predicted octanol–water partition coefficient (Wildman–Crippen LogP) is 6.91. The van der Waals surface area contributed by atoms with Crippen molar-refractivity contribution in [2.24, 2.45) is 5.73 Å². The Kier molecular flexibility index (Phi) is 13.3. The lowest BCUT2D eigenvalue weighted by molar-refractivity contribution is -0.139. The Hall–Kier alpha value is -5.74. The Morgan fingerprint density at radius 1 is 0.875 bits per heavy atom. The quantitative estimate of drug-likeness (QED) is 0.125. The molecule has 1 heterocycles. The number of imide groups is 1. The third kappa shape index (κ3) is 10.9. The molecule has 0 aliphatic carbocycles. The van der Waals surface area contributed by atoms with Gasteiger partial charge >= 0.3 is 24.2 Å². The molecule has 4 aromatic rings. The number of amides is 4. The second kappa shape index (κ2) is 17.4. The minimum Gasteiger partial charge on any atom is -0.479 e. The number of pyridine rings is 1. The van der Waals surface area contributed by atoms with Crippen molar-refractivity contribution in [3.05, 3.63) is 95.8 Å². The molecule has 15 nitrogen and oxygen atoms in total. The van der Waals surface area contributed by atoms with Gasteiger partial charge in [0.25, 0.3) is 0 Å². The fourth-order valence-electron chi connectivity index (χ4n) is 5.60. The van der Waals surface area contributed by atoms with Crippen LogP contribution in [0.4, 0.5) is 25.8 Å². The number of hydrogen-bond donors (Lipinski definition) is 3. The first-order valence-corrected chi connectivity index (χ1v) is 19.6. The number of carboxylic acid groups (broad SMARTS) is 1. The van der Waals surface area contributed by atoms with Crippen molar-refractivity contribution in [2.45, 2.75) is 83.6 Å². The molecule has 0 saturated carbocycles. The average molecular weight is 791 g/mol. The topological polar surface area (TPSA) is 202 Å². The summed E-state index contributed by atoms with van der Waals surface area (Å²) in [7, 11) is -1.89. The Bertz CT molecular complexity index is 2150. The van der Waals surface area contributed by atoms with E-state index in [0.29, 0.717) is 28.1 Å². The van der Waals surface area contributed by atoms with Gasteiger partial charge in [-0.15, -0.1) is 5.01 Å². The number of ether oxygens (including phenoxy) is 2. The third-order valence-electron chi connectivity index (χ3n) is 8.34. The maximum atomic E-state index is 13.9. The van der Waals surface area contributed by atoms with E-state index in [1.54, 1.807) is 116 Å². The SMILES string of the molecule is CCS(=O)(=O)c1ccc(NC(=O)N(C)CCc2ccc(C(C(=O)O)N(c3ccc4cnccc4c3)N(C(=O)OC(C)(C)C)C(=O)OC(C)(C)C)cc2)cc1CN. The number of nitrogens with two attached hydrogens (primary N) is 1. The normalized spacial score (nSPS) is 12.4. The molecule has 3 aromatic carbocycles. The number of nitrogens with zero attached hydrogens (tertiary/aromatic N) is 4. The van der Waals surface area contributed by atoms with E-state index in [-0.39, 0.29) is 35.0 Å². The smallest absolute Gasteiger partial charge is 0.439 e. The molecule has 4 rings (SSSR count). The number of aromatic nitrogens is 1. The van der Waals surface area contributed by atoms with Crippen LogP contribution in [0.3, 0.4) is 0 Å². The van der Waals surface area contributed by atoms with Gasteiger partial charge < -0.3 is 30.5 Å². The highest BCUT2D eigenvalue weighted by Crippen LogP contribution is 2.34. The fraction of sp³-hybridized carbons (Fsp3) is 0.375. The molecular weight excluding hydrogens is 741 g/mol. The molecule has 16 heteroatoms. The van der Waals surface area contributed by atoms with E-state index in [0.717, 1.165) is 16.0 Å². The lowest BCUT2D eigenvalue weighted by Crippen LogP contribution is -2.56. The number of carbonyl (C=O) groups excluding carboxylic acids is 3. The van der Waals surface area contributed by atoms with E-state index in [4.69, 9.17) is 15.2 Å². The number of hydrazine groups is 1. The maximum Gasteiger partial charge on any atom is 0.439 e. The molecule has 4 N–H and O–H groups in total. The number of urea groups is 1. The highest BCUT2D eigenvalue weighted by atomic mass is 32.2. The molecule has 0 aliphatic rings. The molecule has 0 aliphatic heterocycles. The third-order valence-corrected chi connectivity index (χ3v) is 10.2. The number of anilines is 2. The van der Waals surface area contributed by atoms with E-state index in [1.807, 2.05) is 0 Å². The number of fused-ring (bicyclic) bond motifs is 1. The maximum absolute atomic E-state index is 13.9. The Labute approximate surface area is 327 Å². The van der Waals surface area contributed by atoms with Crippen molar-refractivity contribution in [1.82, 2.24) is 14.9 Å². The standard InChI is InChI=1S/C40H50N6O9S/c1-9-56(52,53)33-17-15-31(22-30(33)24-41)43-36(49)44(8)21-19-26-10-12-27(13-11-26)34(35(47)48)45(32-16-14-29-25-42-20-18-28(29)23-32)46(37(50)54-39(2,3)4)38(51)55-40(5,6)7/h10-18,20,22-23,25,34H,9,19,21,24,41H2,1-8H3,(H,43,49)(H,47,48). The van der Waals surface area contributed by atoms with Crippen LogP contribution in [0.25, 0.3) is 10.8 Å². The lowest BCUT2D eigenvalue weighted by Gasteiger charge is -2.39. The number of sulfone groups is 1. The first-order valence-electron chi connectivity index (χ1n) is 17.9. The summed E-state index contributed by atoms with van der Waals surface area (Å²) in [5.41, 5.74) is 5.64. The predicted molar refractivity (Wildman–Crippen MR) is 213 cm³/mol. The van der Waals surface area contributed by atoms with Crippen LogP contribution >= 0.6 is 0 Å². The number of nitrogens with one attached hydrogen (secondary N) is 1. The summed E-state index contributed by atoms with van der Waals surface area (Å²) < 4.78 is 36.1. The van der Waals surface area contributed by atoms with Crippen LogP contribution in [0.15, 0.2) is 84.0 Å². The van der Waals surface area contributed by atoms with Crippen LogP contribution in [0.1, 0.15) is 71.2 Å². The van der Waals surface area contributed by atoms with E-state index in [9.17, 15) is 32.7 Å². The largest absolute Gasteiger partial charge is 0.479 e.